The third kappa shape index (κ3) is 4.83. The summed E-state index contributed by atoms with van der Waals surface area (Å²) >= 11 is 0.922. The second-order valence-corrected chi connectivity index (χ2v) is 13.7. The topological polar surface area (TPSA) is 118 Å². The van der Waals surface area contributed by atoms with Crippen LogP contribution in [0.2, 0.25) is 0 Å². The number of ether oxygens (including phenoxy) is 1. The van der Waals surface area contributed by atoms with Crippen LogP contribution in [0.5, 0.6) is 5.88 Å². The fourth-order valence-electron chi connectivity index (χ4n) is 5.66. The van der Waals surface area contributed by atoms with Crippen LogP contribution in [0.15, 0.2) is 46.9 Å². The number of nitrogens with one attached hydrogen (secondary N) is 1. The first kappa shape index (κ1) is 27.6. The van der Waals surface area contributed by atoms with Crippen molar-refractivity contribution in [1.82, 2.24) is 19.2 Å². The summed E-state index contributed by atoms with van der Waals surface area (Å²) in [7, 11) is 1.89. The number of hydrogen-bond donors (Lipinski definition) is 1. The molecule has 1 spiro atoms. The van der Waals surface area contributed by atoms with Gasteiger partial charge in [-0.1, -0.05) is 12.5 Å². The number of fused-ring (bicyclic) bond motifs is 4. The number of amides is 1. The Hall–Kier alpha value is -3.61. The predicted molar refractivity (Wildman–Crippen MR) is 160 cm³/mol. The number of carbonyl (C=O) groups excluding carboxylic acids is 1. The average Bonchev–Trinajstić information content (AvgIpc) is 3.46. The number of hydrogen-bond acceptors (Lipinski definition) is 9. The monoisotopic (exact) mass is 592 g/mol. The molecular weight excluding hydrogens is 560 g/mol. The Kier molecular flexibility index (Phi) is 6.95. The fraction of sp³-hybridized carbons (Fsp3) is 0.379. The van der Waals surface area contributed by atoms with E-state index in [-0.39, 0.29) is 21.7 Å². The van der Waals surface area contributed by atoms with Crippen molar-refractivity contribution in [3.63, 3.8) is 0 Å². The lowest BCUT2D eigenvalue weighted by Crippen LogP contribution is -2.43. The minimum atomic E-state index is -3.90. The van der Waals surface area contributed by atoms with E-state index in [1.165, 1.54) is 6.07 Å². The van der Waals surface area contributed by atoms with Crippen LogP contribution >= 0.6 is 11.5 Å². The summed E-state index contributed by atoms with van der Waals surface area (Å²) in [6.07, 6.45) is 6.91. The molecule has 1 aliphatic heterocycles. The van der Waals surface area contributed by atoms with Gasteiger partial charge in [0.05, 0.1) is 35.1 Å². The van der Waals surface area contributed by atoms with Crippen LogP contribution in [-0.2, 0) is 20.2 Å². The molecule has 1 aliphatic carbocycles. The first-order chi connectivity index (χ1) is 19.6. The van der Waals surface area contributed by atoms with Gasteiger partial charge in [0.15, 0.2) is 4.21 Å². The largest absolute Gasteiger partial charge is 0.476 e. The van der Waals surface area contributed by atoms with Crippen LogP contribution in [0.25, 0.3) is 22.0 Å². The lowest BCUT2D eigenvalue weighted by molar-refractivity contribution is -0.125. The summed E-state index contributed by atoms with van der Waals surface area (Å²) in [6, 6.07) is 9.19. The van der Waals surface area contributed by atoms with Gasteiger partial charge in [0, 0.05) is 36.3 Å². The third-order valence-electron chi connectivity index (χ3n) is 7.90. The highest BCUT2D eigenvalue weighted by atomic mass is 32.2. The SMILES string of the molecule is Cc1cc(S(=O)(=O)Nc2cc(-c3ccc4ncc5c(c4c3)C3(CCC3)C(=O)N5C)cnc2OCCCN(C)C)sn1. The predicted octanol–water partition coefficient (Wildman–Crippen LogP) is 4.59. The molecule has 0 unspecified atom stereocenters. The number of benzene rings is 1. The minimum absolute atomic E-state index is 0.117. The lowest BCUT2D eigenvalue weighted by atomic mass is 9.64. The first-order valence-corrected chi connectivity index (χ1v) is 15.8. The molecule has 0 bridgehead atoms. The number of pyridine rings is 2. The quantitative estimate of drug-likeness (QED) is 0.281. The van der Waals surface area contributed by atoms with E-state index >= 15 is 0 Å². The molecule has 1 N–H and O–H groups in total. The summed E-state index contributed by atoms with van der Waals surface area (Å²) in [5.41, 5.74) is 4.66. The number of sulfonamides is 1. The Bertz CT molecular complexity index is 1760. The Morgan fingerprint density at radius 2 is 1.93 bits per heavy atom. The van der Waals surface area contributed by atoms with Crippen molar-refractivity contribution in [1.29, 1.82) is 0 Å². The highest BCUT2D eigenvalue weighted by molar-refractivity contribution is 7.94. The van der Waals surface area contributed by atoms with E-state index in [1.807, 2.05) is 39.3 Å². The summed E-state index contributed by atoms with van der Waals surface area (Å²) in [5, 5.41) is 0.934. The van der Waals surface area contributed by atoms with E-state index in [2.05, 4.69) is 24.0 Å². The number of nitrogens with zero attached hydrogens (tertiary/aromatic N) is 5. The molecule has 214 valence electrons. The molecule has 1 aromatic carbocycles. The summed E-state index contributed by atoms with van der Waals surface area (Å²) in [4.78, 5) is 26.2. The summed E-state index contributed by atoms with van der Waals surface area (Å²) < 4.78 is 39.3. The molecule has 0 atom stereocenters. The molecule has 4 heterocycles. The van der Waals surface area contributed by atoms with Gasteiger partial charge in [-0.25, -0.2) is 13.4 Å². The van der Waals surface area contributed by atoms with E-state index in [9.17, 15) is 13.2 Å². The van der Waals surface area contributed by atoms with Crippen LogP contribution in [0.4, 0.5) is 11.4 Å². The van der Waals surface area contributed by atoms with Crippen LogP contribution in [-0.4, -0.2) is 67.9 Å². The Labute approximate surface area is 243 Å². The Morgan fingerprint density at radius 3 is 2.61 bits per heavy atom. The van der Waals surface area contributed by atoms with Crippen molar-refractivity contribution < 1.29 is 17.9 Å². The minimum Gasteiger partial charge on any atom is -0.476 e. The maximum absolute atomic E-state index is 13.2. The number of anilines is 2. The molecular formula is C29H32N6O4S2. The summed E-state index contributed by atoms with van der Waals surface area (Å²) in [5.74, 6) is 0.340. The molecule has 1 saturated carbocycles. The molecule has 1 amide bonds. The Balaban J connectivity index is 1.40. The molecule has 0 saturated heterocycles. The molecule has 0 radical (unpaired) electrons. The second kappa shape index (κ2) is 10.3. The fourth-order valence-corrected chi connectivity index (χ4v) is 7.66. The van der Waals surface area contributed by atoms with Crippen LogP contribution in [0.1, 0.15) is 36.9 Å². The van der Waals surface area contributed by atoms with Gasteiger partial charge < -0.3 is 14.5 Å². The number of aromatic nitrogens is 3. The van der Waals surface area contributed by atoms with Crippen molar-refractivity contribution in [3.05, 3.63) is 54.0 Å². The number of carbonyl (C=O) groups is 1. The standard InChI is InChI=1S/C29H32N6O4S2/c1-18-13-25(40-32-18)41(37,38)33-23-15-20(16-31-27(23)39-12-6-11-34(2)3)19-7-8-22-21(14-19)26-24(17-30-22)35(4)28(36)29(26)9-5-10-29/h7-8,13-17,33H,5-6,9-12H2,1-4H3. The normalized spacial score (nSPS) is 15.9. The van der Waals surface area contributed by atoms with Crippen molar-refractivity contribution in [2.24, 2.45) is 0 Å². The van der Waals surface area contributed by atoms with Gasteiger partial charge in [0.1, 0.15) is 5.69 Å². The van der Waals surface area contributed by atoms with Crippen molar-refractivity contribution in [2.75, 3.05) is 43.9 Å². The Morgan fingerprint density at radius 1 is 1.12 bits per heavy atom. The lowest BCUT2D eigenvalue weighted by Gasteiger charge is -2.37. The van der Waals surface area contributed by atoms with Gasteiger partial charge >= 0.3 is 0 Å². The zero-order valence-corrected chi connectivity index (χ0v) is 25.1. The number of likely N-dealkylation sites (N-methyl/N-ethyl adjacent to an activating group) is 1. The molecule has 1 fully saturated rings. The molecule has 2 aliphatic rings. The number of rotatable bonds is 9. The smallest absolute Gasteiger partial charge is 0.273 e. The van der Waals surface area contributed by atoms with E-state index in [0.717, 1.165) is 71.5 Å². The van der Waals surface area contributed by atoms with Gasteiger partial charge in [0.25, 0.3) is 10.0 Å². The van der Waals surface area contributed by atoms with E-state index in [1.54, 1.807) is 30.3 Å². The second-order valence-electron chi connectivity index (χ2n) is 11.0. The maximum Gasteiger partial charge on any atom is 0.273 e. The molecule has 3 aromatic heterocycles. The van der Waals surface area contributed by atoms with Gasteiger partial charge in [-0.15, -0.1) is 0 Å². The molecule has 6 rings (SSSR count). The van der Waals surface area contributed by atoms with Gasteiger partial charge in [-0.05, 0) is 81.6 Å². The third-order valence-corrected chi connectivity index (χ3v) is 10.6. The van der Waals surface area contributed by atoms with Crippen LogP contribution in [0, 0.1) is 6.92 Å². The van der Waals surface area contributed by atoms with E-state index < -0.39 is 15.4 Å². The van der Waals surface area contributed by atoms with E-state index in [0.29, 0.717) is 17.9 Å². The van der Waals surface area contributed by atoms with Gasteiger partial charge in [-0.3, -0.25) is 14.5 Å². The maximum atomic E-state index is 13.2. The van der Waals surface area contributed by atoms with Gasteiger partial charge in [-0.2, -0.15) is 4.37 Å². The van der Waals surface area contributed by atoms with Gasteiger partial charge in [0.2, 0.25) is 11.8 Å². The average molecular weight is 593 g/mol. The van der Waals surface area contributed by atoms with E-state index in [4.69, 9.17) is 4.74 Å². The zero-order valence-electron chi connectivity index (χ0n) is 23.5. The number of aryl methyl sites for hydroxylation is 1. The van der Waals surface area contributed by atoms with Crippen molar-refractivity contribution >= 4 is 49.7 Å². The first-order valence-electron chi connectivity index (χ1n) is 13.5. The highest BCUT2D eigenvalue weighted by Crippen LogP contribution is 2.55. The molecule has 4 aromatic rings. The van der Waals surface area contributed by atoms with Crippen molar-refractivity contribution in [2.45, 2.75) is 42.2 Å². The highest BCUT2D eigenvalue weighted by Gasteiger charge is 2.54. The van der Waals surface area contributed by atoms with Crippen molar-refractivity contribution in [3.8, 4) is 17.0 Å². The summed E-state index contributed by atoms with van der Waals surface area (Å²) in [6.45, 7) is 2.96. The molecule has 41 heavy (non-hydrogen) atoms. The van der Waals surface area contributed by atoms with Crippen LogP contribution in [0.3, 0.4) is 0 Å². The zero-order chi connectivity index (χ0) is 28.9. The molecule has 10 nitrogen and oxygen atoms in total. The molecule has 12 heteroatoms. The van der Waals surface area contributed by atoms with Crippen LogP contribution < -0.4 is 14.4 Å².